The highest BCUT2D eigenvalue weighted by molar-refractivity contribution is 7.89. The second-order valence-electron chi connectivity index (χ2n) is 5.70. The van der Waals surface area contributed by atoms with Crippen molar-refractivity contribution in [2.24, 2.45) is 5.14 Å². The number of benzene rings is 2. The van der Waals surface area contributed by atoms with Crippen molar-refractivity contribution in [3.63, 3.8) is 0 Å². The zero-order chi connectivity index (χ0) is 18.0. The Labute approximate surface area is 144 Å². The fourth-order valence-corrected chi connectivity index (χ4v) is 3.69. The predicted octanol–water partition coefficient (Wildman–Crippen LogP) is 2.18. The van der Waals surface area contributed by atoms with Gasteiger partial charge in [-0.2, -0.15) is 0 Å². The molecule has 1 saturated heterocycles. The summed E-state index contributed by atoms with van der Waals surface area (Å²) in [5, 5.41) is 19.6. The molecule has 2 atom stereocenters. The summed E-state index contributed by atoms with van der Waals surface area (Å²) in [5.74, 6) is 0. The molecule has 132 valence electrons. The minimum Gasteiger partial charge on any atom is -0.374 e. The number of rotatable bonds is 5. The molecule has 2 aromatic carbocycles. The molecule has 0 amide bonds. The van der Waals surface area contributed by atoms with Crippen LogP contribution in [0.4, 0.5) is 11.4 Å². The van der Waals surface area contributed by atoms with Crippen LogP contribution in [0.3, 0.4) is 0 Å². The smallest absolute Gasteiger partial charge is 0.312 e. The van der Waals surface area contributed by atoms with Crippen molar-refractivity contribution in [3.8, 4) is 0 Å². The van der Waals surface area contributed by atoms with E-state index in [1.165, 1.54) is 12.1 Å². The Bertz CT molecular complexity index is 886. The number of anilines is 1. The summed E-state index contributed by atoms with van der Waals surface area (Å²) in [6.07, 6.45) is 0.356. The van der Waals surface area contributed by atoms with Crippen molar-refractivity contribution < 1.29 is 18.1 Å². The van der Waals surface area contributed by atoms with Gasteiger partial charge in [0.2, 0.25) is 10.0 Å². The van der Waals surface area contributed by atoms with Gasteiger partial charge in [0.05, 0.1) is 11.0 Å². The highest BCUT2D eigenvalue weighted by Gasteiger charge is 2.33. The third kappa shape index (κ3) is 3.63. The normalized spacial score (nSPS) is 20.4. The Hall–Kier alpha value is -2.49. The molecule has 1 heterocycles. The molecule has 1 fully saturated rings. The molecule has 2 unspecified atom stereocenters. The van der Waals surface area contributed by atoms with Gasteiger partial charge in [-0.15, -0.1) is 0 Å². The molecule has 3 rings (SSSR count). The van der Waals surface area contributed by atoms with Gasteiger partial charge >= 0.3 is 5.69 Å². The van der Waals surface area contributed by atoms with Crippen LogP contribution in [0.5, 0.6) is 0 Å². The fourth-order valence-electron chi connectivity index (χ4n) is 2.97. The lowest BCUT2D eigenvalue weighted by Crippen LogP contribution is -2.24. The highest BCUT2D eigenvalue weighted by Crippen LogP contribution is 2.36. The molecule has 9 heteroatoms. The average Bonchev–Trinajstić information content (AvgIpc) is 3.02. The molecule has 0 bridgehead atoms. The number of nitrogens with zero attached hydrogens (tertiary/aromatic N) is 1. The molecule has 0 saturated carbocycles. The Morgan fingerprint density at radius 2 is 1.88 bits per heavy atom. The van der Waals surface area contributed by atoms with Gasteiger partial charge < -0.3 is 10.1 Å². The zero-order valence-electron chi connectivity index (χ0n) is 13.2. The van der Waals surface area contributed by atoms with E-state index in [1.54, 1.807) is 0 Å². The SMILES string of the molecule is NS(=O)(=O)c1cccc(NC2CCOC2c2ccccc2)c1[N+](=O)[O-]. The van der Waals surface area contributed by atoms with Gasteiger partial charge in [-0.1, -0.05) is 36.4 Å². The summed E-state index contributed by atoms with van der Waals surface area (Å²) in [5.41, 5.74) is 0.499. The summed E-state index contributed by atoms with van der Waals surface area (Å²) in [6.45, 7) is 0.500. The van der Waals surface area contributed by atoms with Crippen LogP contribution in [0, 0.1) is 10.1 Å². The van der Waals surface area contributed by atoms with E-state index in [9.17, 15) is 18.5 Å². The molecule has 2 aromatic rings. The topological polar surface area (TPSA) is 125 Å². The lowest BCUT2D eigenvalue weighted by molar-refractivity contribution is -0.386. The summed E-state index contributed by atoms with van der Waals surface area (Å²) < 4.78 is 29.1. The zero-order valence-corrected chi connectivity index (χ0v) is 14.0. The maximum absolute atomic E-state index is 11.7. The lowest BCUT2D eigenvalue weighted by Gasteiger charge is -2.21. The third-order valence-corrected chi connectivity index (χ3v) is 4.99. The first-order chi connectivity index (χ1) is 11.9. The number of hydrogen-bond donors (Lipinski definition) is 2. The first kappa shape index (κ1) is 17.3. The van der Waals surface area contributed by atoms with Crippen molar-refractivity contribution in [2.45, 2.75) is 23.5 Å². The van der Waals surface area contributed by atoms with Gasteiger partial charge in [0.15, 0.2) is 4.90 Å². The van der Waals surface area contributed by atoms with E-state index in [1.807, 2.05) is 30.3 Å². The highest BCUT2D eigenvalue weighted by atomic mass is 32.2. The van der Waals surface area contributed by atoms with Crippen LogP contribution in [0.2, 0.25) is 0 Å². The number of nitrogens with two attached hydrogens (primary N) is 1. The predicted molar refractivity (Wildman–Crippen MR) is 91.6 cm³/mol. The van der Waals surface area contributed by atoms with Gasteiger partial charge in [-0.3, -0.25) is 10.1 Å². The van der Waals surface area contributed by atoms with Crippen LogP contribution in [0.15, 0.2) is 53.4 Å². The van der Waals surface area contributed by atoms with Crippen LogP contribution in [0.1, 0.15) is 18.1 Å². The summed E-state index contributed by atoms with van der Waals surface area (Å²) in [7, 11) is -4.21. The van der Waals surface area contributed by atoms with Crippen LogP contribution < -0.4 is 10.5 Å². The molecule has 0 aromatic heterocycles. The van der Waals surface area contributed by atoms with Crippen molar-refractivity contribution in [3.05, 3.63) is 64.2 Å². The molecular weight excluding hydrogens is 346 g/mol. The van der Waals surface area contributed by atoms with Gasteiger partial charge in [-0.05, 0) is 24.1 Å². The molecule has 0 aliphatic carbocycles. The van der Waals surface area contributed by atoms with Gasteiger partial charge in [0.1, 0.15) is 11.8 Å². The number of para-hydroxylation sites is 1. The van der Waals surface area contributed by atoms with E-state index >= 15 is 0 Å². The number of nitrogens with one attached hydrogen (secondary N) is 1. The van der Waals surface area contributed by atoms with Gasteiger partial charge in [0.25, 0.3) is 0 Å². The molecule has 1 aliphatic heterocycles. The number of ether oxygens (including phenoxy) is 1. The average molecular weight is 363 g/mol. The maximum atomic E-state index is 11.7. The van der Waals surface area contributed by atoms with Crippen molar-refractivity contribution >= 4 is 21.4 Å². The molecule has 0 spiro atoms. The number of nitro groups is 1. The van der Waals surface area contributed by atoms with Crippen LogP contribution in [0.25, 0.3) is 0 Å². The van der Waals surface area contributed by atoms with Crippen molar-refractivity contribution in [1.29, 1.82) is 0 Å². The Morgan fingerprint density at radius 1 is 1.16 bits per heavy atom. The van der Waals surface area contributed by atoms with Gasteiger partial charge in [0, 0.05) is 6.61 Å². The Morgan fingerprint density at radius 3 is 2.52 bits per heavy atom. The number of nitro benzene ring substituents is 1. The van der Waals surface area contributed by atoms with Gasteiger partial charge in [-0.25, -0.2) is 13.6 Å². The fraction of sp³-hybridized carbons (Fsp3) is 0.250. The lowest BCUT2D eigenvalue weighted by atomic mass is 10.0. The summed E-state index contributed by atoms with van der Waals surface area (Å²) >= 11 is 0. The minimum absolute atomic E-state index is 0.105. The minimum atomic E-state index is -4.21. The Kier molecular flexibility index (Phi) is 4.71. The van der Waals surface area contributed by atoms with E-state index in [2.05, 4.69) is 5.32 Å². The van der Waals surface area contributed by atoms with Crippen molar-refractivity contribution in [1.82, 2.24) is 0 Å². The second-order valence-corrected chi connectivity index (χ2v) is 7.23. The molecule has 1 aliphatic rings. The number of sulfonamides is 1. The first-order valence-corrected chi connectivity index (χ1v) is 9.16. The number of hydrogen-bond acceptors (Lipinski definition) is 6. The first-order valence-electron chi connectivity index (χ1n) is 7.61. The summed E-state index contributed by atoms with van der Waals surface area (Å²) in [6, 6.07) is 13.3. The van der Waals surface area contributed by atoms with E-state index in [-0.39, 0.29) is 17.8 Å². The summed E-state index contributed by atoms with van der Waals surface area (Å²) in [4.78, 5) is 10.2. The van der Waals surface area contributed by atoms with E-state index in [0.29, 0.717) is 13.0 Å². The standard InChI is InChI=1S/C16H17N3O5S/c17-25(22,23)14-8-4-7-12(15(14)19(20)21)18-13-9-10-24-16(13)11-5-2-1-3-6-11/h1-8,13,16,18H,9-10H2,(H2,17,22,23). The second kappa shape index (κ2) is 6.79. The molecule has 8 nitrogen and oxygen atoms in total. The monoisotopic (exact) mass is 363 g/mol. The van der Waals surface area contributed by atoms with E-state index in [4.69, 9.17) is 9.88 Å². The van der Waals surface area contributed by atoms with E-state index < -0.39 is 25.5 Å². The quantitative estimate of drug-likeness (QED) is 0.620. The van der Waals surface area contributed by atoms with Crippen LogP contribution in [-0.4, -0.2) is 26.0 Å². The molecular formula is C16H17N3O5S. The number of primary sulfonamides is 1. The van der Waals surface area contributed by atoms with Crippen molar-refractivity contribution in [2.75, 3.05) is 11.9 Å². The molecule has 25 heavy (non-hydrogen) atoms. The maximum Gasteiger partial charge on any atom is 0.312 e. The van der Waals surface area contributed by atoms with E-state index in [0.717, 1.165) is 11.6 Å². The Balaban J connectivity index is 1.96. The van der Waals surface area contributed by atoms with Crippen LogP contribution >= 0.6 is 0 Å². The van der Waals surface area contributed by atoms with Crippen LogP contribution in [-0.2, 0) is 14.8 Å². The largest absolute Gasteiger partial charge is 0.374 e. The molecule has 0 radical (unpaired) electrons. The molecule has 3 N–H and O–H groups in total. The third-order valence-electron chi connectivity index (χ3n) is 4.05.